The molecule has 0 aliphatic heterocycles. The van der Waals surface area contributed by atoms with E-state index in [4.69, 9.17) is 0 Å². The molecule has 0 atom stereocenters. The van der Waals surface area contributed by atoms with Gasteiger partial charge >= 0.3 is 0 Å². The molecule has 0 heterocycles. The molecular weight excluding hydrogens is 80.1 g/mol. The van der Waals surface area contributed by atoms with Crippen molar-refractivity contribution in [2.75, 3.05) is 6.26 Å². The minimum absolute atomic E-state index is 1.50. The molecule has 0 spiro atoms. The van der Waals surface area contributed by atoms with Gasteiger partial charge in [-0.1, -0.05) is 19.3 Å². The van der Waals surface area contributed by atoms with Gasteiger partial charge < -0.3 is 0 Å². The van der Waals surface area contributed by atoms with Crippen LogP contribution in [-0.4, -0.2) is 6.26 Å². The second-order valence-electron chi connectivity index (χ2n) is 1.06. The van der Waals surface area contributed by atoms with Crippen LogP contribution in [0.25, 0.3) is 0 Å². The maximum absolute atomic E-state index is 3.53. The highest BCUT2D eigenvalue weighted by Gasteiger charge is 1.95. The fourth-order valence-electron chi connectivity index (χ4n) is 0. The van der Waals surface area contributed by atoms with Crippen LogP contribution in [0.2, 0.25) is 0 Å². The van der Waals surface area contributed by atoms with Crippen molar-refractivity contribution in [1.82, 2.24) is 0 Å². The molecule has 0 radical (unpaired) electrons. The molecule has 1 saturated carbocycles. The molecule has 0 aromatic carbocycles. The SMILES string of the molecule is C1CC1.CS. The number of hydrogen-bond donors (Lipinski definition) is 1. The minimum Gasteiger partial charge on any atom is -0.183 e. The number of rotatable bonds is 0. The Morgan fingerprint density at radius 1 is 1.00 bits per heavy atom. The molecule has 0 bridgehead atoms. The van der Waals surface area contributed by atoms with E-state index in [2.05, 4.69) is 12.6 Å². The van der Waals surface area contributed by atoms with Gasteiger partial charge in [-0.05, 0) is 6.26 Å². The summed E-state index contributed by atoms with van der Waals surface area (Å²) in [7, 11) is 0. The summed E-state index contributed by atoms with van der Waals surface area (Å²) in [4.78, 5) is 0. The summed E-state index contributed by atoms with van der Waals surface area (Å²) >= 11 is 3.53. The fourth-order valence-corrected chi connectivity index (χ4v) is 0. The molecule has 0 aromatic rings. The van der Waals surface area contributed by atoms with Gasteiger partial charge in [0.25, 0.3) is 0 Å². The molecule has 0 amide bonds. The van der Waals surface area contributed by atoms with Gasteiger partial charge in [0.05, 0.1) is 0 Å². The predicted octanol–water partition coefficient (Wildman–Crippen LogP) is 1.72. The van der Waals surface area contributed by atoms with E-state index in [0.717, 1.165) is 0 Å². The number of hydrogen-bond acceptors (Lipinski definition) is 1. The van der Waals surface area contributed by atoms with Crippen LogP contribution < -0.4 is 0 Å². The third-order valence-electron chi connectivity index (χ3n) is 0.354. The van der Waals surface area contributed by atoms with Crippen molar-refractivity contribution in [2.45, 2.75) is 19.3 Å². The third kappa shape index (κ3) is 13.2. The zero-order chi connectivity index (χ0) is 4.12. The van der Waals surface area contributed by atoms with E-state index in [0.29, 0.717) is 0 Å². The van der Waals surface area contributed by atoms with E-state index in [1.807, 2.05) is 0 Å². The fraction of sp³-hybridized carbons (Fsp3) is 1.00. The quantitative estimate of drug-likeness (QED) is 0.430. The van der Waals surface area contributed by atoms with Crippen LogP contribution in [0.3, 0.4) is 0 Å². The van der Waals surface area contributed by atoms with Gasteiger partial charge in [0.2, 0.25) is 0 Å². The second-order valence-corrected chi connectivity index (χ2v) is 1.06. The number of thiol groups is 1. The Bertz CT molecular complexity index is 8.36. The van der Waals surface area contributed by atoms with E-state index in [1.54, 1.807) is 6.26 Å². The van der Waals surface area contributed by atoms with Crippen molar-refractivity contribution >= 4 is 12.6 Å². The smallest absolute Gasteiger partial charge is 0.0215 e. The van der Waals surface area contributed by atoms with Gasteiger partial charge in [0.1, 0.15) is 0 Å². The van der Waals surface area contributed by atoms with Gasteiger partial charge in [0, 0.05) is 0 Å². The topological polar surface area (TPSA) is 0 Å². The van der Waals surface area contributed by atoms with Crippen LogP contribution in [0, 0.1) is 0 Å². The monoisotopic (exact) mass is 90.1 g/mol. The van der Waals surface area contributed by atoms with E-state index in [-0.39, 0.29) is 0 Å². The first kappa shape index (κ1) is 5.35. The Morgan fingerprint density at radius 3 is 1.20 bits per heavy atom. The Kier molecular flexibility index (Phi) is 4.65. The maximum Gasteiger partial charge on any atom is -0.0215 e. The van der Waals surface area contributed by atoms with Crippen molar-refractivity contribution in [3.8, 4) is 0 Å². The minimum atomic E-state index is 1.50. The third-order valence-corrected chi connectivity index (χ3v) is 0.354. The van der Waals surface area contributed by atoms with Gasteiger partial charge in [-0.25, -0.2) is 0 Å². The van der Waals surface area contributed by atoms with Crippen LogP contribution in [0.5, 0.6) is 0 Å². The van der Waals surface area contributed by atoms with Crippen molar-refractivity contribution in [3.05, 3.63) is 0 Å². The molecule has 0 N–H and O–H groups in total. The first-order chi connectivity index (χ1) is 2.50. The van der Waals surface area contributed by atoms with Gasteiger partial charge in [-0.3, -0.25) is 0 Å². The van der Waals surface area contributed by atoms with Gasteiger partial charge in [-0.15, -0.1) is 0 Å². The molecular formula is C4H10S. The lowest BCUT2D eigenvalue weighted by Gasteiger charge is -1.11. The van der Waals surface area contributed by atoms with Crippen LogP contribution in [-0.2, 0) is 0 Å². The lowest BCUT2D eigenvalue weighted by Crippen LogP contribution is -0.865. The lowest BCUT2D eigenvalue weighted by molar-refractivity contribution is 1.50. The normalized spacial score (nSPS) is 15.6. The Labute approximate surface area is 39.0 Å². The van der Waals surface area contributed by atoms with Crippen LogP contribution >= 0.6 is 12.6 Å². The Balaban J connectivity index is 0.0000000733. The van der Waals surface area contributed by atoms with Crippen LogP contribution in [0.1, 0.15) is 19.3 Å². The van der Waals surface area contributed by atoms with Crippen LogP contribution in [0.4, 0.5) is 0 Å². The molecule has 1 aliphatic carbocycles. The molecule has 1 heteroatoms. The van der Waals surface area contributed by atoms with E-state index < -0.39 is 0 Å². The summed E-state index contributed by atoms with van der Waals surface area (Å²) in [5.41, 5.74) is 0. The summed E-state index contributed by atoms with van der Waals surface area (Å²) in [6.07, 6.45) is 6.19. The first-order valence-electron chi connectivity index (χ1n) is 1.95. The Morgan fingerprint density at radius 2 is 1.20 bits per heavy atom. The van der Waals surface area contributed by atoms with Gasteiger partial charge in [-0.2, -0.15) is 12.6 Å². The predicted molar refractivity (Wildman–Crippen MR) is 28.8 cm³/mol. The maximum atomic E-state index is 3.53. The summed E-state index contributed by atoms with van der Waals surface area (Å²) in [5.74, 6) is 0. The molecule has 1 rings (SSSR count). The average molecular weight is 90.2 g/mol. The summed E-state index contributed by atoms with van der Waals surface area (Å²) in [6, 6.07) is 0. The highest BCUT2D eigenvalue weighted by molar-refractivity contribution is 7.79. The molecule has 0 unspecified atom stereocenters. The highest BCUT2D eigenvalue weighted by atomic mass is 32.1. The molecule has 32 valence electrons. The van der Waals surface area contributed by atoms with E-state index in [1.165, 1.54) is 19.3 Å². The van der Waals surface area contributed by atoms with Crippen LogP contribution in [0.15, 0.2) is 0 Å². The van der Waals surface area contributed by atoms with E-state index in [9.17, 15) is 0 Å². The lowest BCUT2D eigenvalue weighted by atomic mass is 11.0. The second kappa shape index (κ2) is 4.35. The molecule has 0 aromatic heterocycles. The molecule has 5 heavy (non-hydrogen) atoms. The van der Waals surface area contributed by atoms with Crippen molar-refractivity contribution in [3.63, 3.8) is 0 Å². The molecule has 0 nitrogen and oxygen atoms in total. The summed E-state index contributed by atoms with van der Waals surface area (Å²) in [6.45, 7) is 0. The standard InChI is InChI=1S/C3H6.CH4S/c1-2-3-1;1-2/h1-3H2;2H,1H3. The van der Waals surface area contributed by atoms with E-state index >= 15 is 0 Å². The summed E-state index contributed by atoms with van der Waals surface area (Å²) in [5, 5.41) is 0. The molecule has 1 aliphatic rings. The largest absolute Gasteiger partial charge is 0.183 e. The first-order valence-corrected chi connectivity index (χ1v) is 2.84. The van der Waals surface area contributed by atoms with Crippen molar-refractivity contribution < 1.29 is 0 Å². The van der Waals surface area contributed by atoms with Gasteiger partial charge in [0.15, 0.2) is 0 Å². The zero-order valence-electron chi connectivity index (χ0n) is 3.57. The Hall–Kier alpha value is 0.350. The zero-order valence-corrected chi connectivity index (χ0v) is 4.46. The highest BCUT2D eigenvalue weighted by Crippen LogP contribution is 2.14. The molecule has 0 saturated heterocycles. The summed E-state index contributed by atoms with van der Waals surface area (Å²) < 4.78 is 0. The van der Waals surface area contributed by atoms with Crippen molar-refractivity contribution in [1.29, 1.82) is 0 Å². The average Bonchev–Trinajstić information content (AvgIpc) is 2.19. The van der Waals surface area contributed by atoms with Crippen molar-refractivity contribution in [2.24, 2.45) is 0 Å². The molecule has 1 fully saturated rings.